The van der Waals surface area contributed by atoms with Crippen LogP contribution in [0, 0.1) is 0 Å². The van der Waals surface area contributed by atoms with Crippen molar-refractivity contribution in [2.45, 2.75) is 18.9 Å². The average Bonchev–Trinajstić information content (AvgIpc) is 3.39. The van der Waals surface area contributed by atoms with Gasteiger partial charge >= 0.3 is 6.09 Å². The van der Waals surface area contributed by atoms with Crippen molar-refractivity contribution in [1.29, 1.82) is 0 Å². The van der Waals surface area contributed by atoms with E-state index in [1.165, 1.54) is 7.11 Å². The second-order valence-electron chi connectivity index (χ2n) is 8.06. The van der Waals surface area contributed by atoms with Crippen molar-refractivity contribution in [2.75, 3.05) is 20.8 Å². The largest absolute Gasteiger partial charge is 0.496 e. The van der Waals surface area contributed by atoms with Crippen LogP contribution >= 0.6 is 0 Å². The van der Waals surface area contributed by atoms with Crippen LogP contribution in [0.4, 0.5) is 4.79 Å². The number of carboxylic acid groups (broad SMARTS) is 1. The van der Waals surface area contributed by atoms with E-state index in [0.717, 1.165) is 16.3 Å². The van der Waals surface area contributed by atoms with Crippen molar-refractivity contribution in [3.05, 3.63) is 78.3 Å². The summed E-state index contributed by atoms with van der Waals surface area (Å²) in [5.41, 5.74) is 1.21. The number of amides is 2. The molecule has 9 heteroatoms. The molecule has 1 unspecified atom stereocenters. The topological polar surface area (TPSA) is 123 Å². The zero-order valence-corrected chi connectivity index (χ0v) is 20.0. The second-order valence-corrected chi connectivity index (χ2v) is 8.06. The van der Waals surface area contributed by atoms with Crippen LogP contribution in [0.1, 0.15) is 35.1 Å². The lowest BCUT2D eigenvalue weighted by atomic mass is 10.0. The van der Waals surface area contributed by atoms with Crippen molar-refractivity contribution in [3.8, 4) is 22.8 Å². The predicted octanol–water partition coefficient (Wildman–Crippen LogP) is 5.03. The first-order valence-corrected chi connectivity index (χ1v) is 11.4. The number of rotatable bonds is 10. The van der Waals surface area contributed by atoms with E-state index in [0.29, 0.717) is 41.6 Å². The number of benzene rings is 3. The SMILES string of the molecule is COc1cc2c(OC)cccc2cc1C(=O)NC(CCCNC(=O)O)c1ncc(-c2ccccc2)o1. The lowest BCUT2D eigenvalue weighted by Crippen LogP contribution is -2.30. The lowest BCUT2D eigenvalue weighted by Gasteiger charge is -2.18. The number of carbonyl (C=O) groups excluding carboxylic acids is 1. The van der Waals surface area contributed by atoms with Crippen LogP contribution in [0.25, 0.3) is 22.1 Å². The van der Waals surface area contributed by atoms with E-state index in [4.69, 9.17) is 19.0 Å². The molecule has 1 aromatic heterocycles. The Bertz CT molecular complexity index is 1350. The maximum Gasteiger partial charge on any atom is 0.404 e. The van der Waals surface area contributed by atoms with E-state index in [9.17, 15) is 9.59 Å². The van der Waals surface area contributed by atoms with Gasteiger partial charge in [0.25, 0.3) is 5.91 Å². The number of nitrogens with zero attached hydrogens (tertiary/aromatic N) is 1. The molecule has 9 nitrogen and oxygen atoms in total. The zero-order valence-electron chi connectivity index (χ0n) is 20.0. The molecule has 1 heterocycles. The number of oxazole rings is 1. The van der Waals surface area contributed by atoms with Crippen LogP contribution in [0.3, 0.4) is 0 Å². The minimum Gasteiger partial charge on any atom is -0.496 e. The third kappa shape index (κ3) is 5.57. The molecule has 4 rings (SSSR count). The molecule has 1 atom stereocenters. The number of aromatic nitrogens is 1. The molecule has 0 aliphatic carbocycles. The molecule has 3 aromatic carbocycles. The Kier molecular flexibility index (Phi) is 7.69. The Labute approximate surface area is 208 Å². The van der Waals surface area contributed by atoms with E-state index >= 15 is 0 Å². The molecule has 0 radical (unpaired) electrons. The molecule has 0 spiro atoms. The maximum absolute atomic E-state index is 13.4. The number of ether oxygens (including phenoxy) is 2. The highest BCUT2D eigenvalue weighted by atomic mass is 16.5. The summed E-state index contributed by atoms with van der Waals surface area (Å²) in [6.07, 6.45) is 1.38. The fourth-order valence-electron chi connectivity index (χ4n) is 3.98. The summed E-state index contributed by atoms with van der Waals surface area (Å²) in [5, 5.41) is 15.8. The van der Waals surface area contributed by atoms with Crippen LogP contribution in [0.2, 0.25) is 0 Å². The van der Waals surface area contributed by atoms with Gasteiger partial charge in [0.15, 0.2) is 5.76 Å². The summed E-state index contributed by atoms with van der Waals surface area (Å²) in [4.78, 5) is 28.7. The molecule has 4 aromatic rings. The van der Waals surface area contributed by atoms with E-state index < -0.39 is 12.1 Å². The van der Waals surface area contributed by atoms with Gasteiger partial charge in [-0.05, 0) is 36.4 Å². The number of methoxy groups -OCH3 is 2. The van der Waals surface area contributed by atoms with Crippen LogP contribution in [0.15, 0.2) is 71.3 Å². The molecule has 0 saturated heterocycles. The summed E-state index contributed by atoms with van der Waals surface area (Å²) in [6, 6.07) is 18.0. The number of hydrogen-bond acceptors (Lipinski definition) is 6. The molecule has 0 saturated carbocycles. The normalized spacial score (nSPS) is 11.6. The van der Waals surface area contributed by atoms with Crippen LogP contribution in [-0.2, 0) is 0 Å². The first-order chi connectivity index (χ1) is 17.5. The third-order valence-corrected chi connectivity index (χ3v) is 5.76. The number of fused-ring (bicyclic) bond motifs is 1. The van der Waals surface area contributed by atoms with Gasteiger partial charge in [-0.2, -0.15) is 0 Å². The summed E-state index contributed by atoms with van der Waals surface area (Å²) in [6.45, 7) is 0.229. The Morgan fingerprint density at radius 2 is 1.81 bits per heavy atom. The maximum atomic E-state index is 13.4. The van der Waals surface area contributed by atoms with Gasteiger partial charge in [-0.15, -0.1) is 0 Å². The Morgan fingerprint density at radius 3 is 2.53 bits per heavy atom. The predicted molar refractivity (Wildman–Crippen MR) is 134 cm³/mol. The van der Waals surface area contributed by atoms with Crippen LogP contribution in [0.5, 0.6) is 11.5 Å². The molecule has 0 aliphatic rings. The molecule has 186 valence electrons. The smallest absolute Gasteiger partial charge is 0.404 e. The average molecular weight is 490 g/mol. The van der Waals surface area contributed by atoms with Crippen molar-refractivity contribution in [3.63, 3.8) is 0 Å². The van der Waals surface area contributed by atoms with Gasteiger partial charge in [0, 0.05) is 17.5 Å². The molecule has 0 aliphatic heterocycles. The zero-order chi connectivity index (χ0) is 25.5. The van der Waals surface area contributed by atoms with Crippen LogP contribution in [-0.4, -0.2) is 42.9 Å². The summed E-state index contributed by atoms with van der Waals surface area (Å²) >= 11 is 0. The fourth-order valence-corrected chi connectivity index (χ4v) is 3.98. The summed E-state index contributed by atoms with van der Waals surface area (Å²) < 4.78 is 16.9. The van der Waals surface area contributed by atoms with Gasteiger partial charge in [0.05, 0.1) is 26.0 Å². The Morgan fingerprint density at radius 1 is 1.03 bits per heavy atom. The quantitative estimate of drug-likeness (QED) is 0.267. The highest BCUT2D eigenvalue weighted by Crippen LogP contribution is 2.33. The lowest BCUT2D eigenvalue weighted by molar-refractivity contribution is 0.0924. The molecular formula is C27H27N3O6. The standard InChI is InChI=1S/C27H27N3O6/c1-34-22-12-6-10-18-14-20(23(35-2)15-19(18)22)25(31)30-21(11-7-13-28-27(32)33)26-29-16-24(36-26)17-8-4-3-5-9-17/h3-6,8-10,12,14-16,21,28H,7,11,13H2,1-2H3,(H,30,31)(H,32,33). The molecular weight excluding hydrogens is 462 g/mol. The fraction of sp³-hybridized carbons (Fsp3) is 0.222. The third-order valence-electron chi connectivity index (χ3n) is 5.76. The van der Waals surface area contributed by atoms with E-state index in [-0.39, 0.29) is 12.5 Å². The Hall–Kier alpha value is -4.53. The molecule has 36 heavy (non-hydrogen) atoms. The monoisotopic (exact) mass is 489 g/mol. The van der Waals surface area contributed by atoms with Crippen molar-refractivity contribution < 1.29 is 28.6 Å². The van der Waals surface area contributed by atoms with E-state index in [1.807, 2.05) is 48.5 Å². The number of nitrogens with one attached hydrogen (secondary N) is 2. The molecule has 0 fully saturated rings. The summed E-state index contributed by atoms with van der Waals surface area (Å²) in [5.74, 6) is 1.61. The first-order valence-electron chi connectivity index (χ1n) is 11.4. The first kappa shape index (κ1) is 24.6. The van der Waals surface area contributed by atoms with Crippen molar-refractivity contribution >= 4 is 22.8 Å². The van der Waals surface area contributed by atoms with Gasteiger partial charge in [0.1, 0.15) is 17.5 Å². The molecule has 3 N–H and O–H groups in total. The van der Waals surface area contributed by atoms with Gasteiger partial charge in [-0.3, -0.25) is 4.79 Å². The number of carbonyl (C=O) groups is 2. The van der Waals surface area contributed by atoms with Crippen LogP contribution < -0.4 is 20.1 Å². The van der Waals surface area contributed by atoms with E-state index in [2.05, 4.69) is 15.6 Å². The van der Waals surface area contributed by atoms with E-state index in [1.54, 1.807) is 25.4 Å². The van der Waals surface area contributed by atoms with Gasteiger partial charge < -0.3 is 29.6 Å². The van der Waals surface area contributed by atoms with Gasteiger partial charge in [-0.1, -0.05) is 42.5 Å². The summed E-state index contributed by atoms with van der Waals surface area (Å²) in [7, 11) is 3.09. The highest BCUT2D eigenvalue weighted by Gasteiger charge is 2.23. The Balaban J connectivity index is 1.62. The van der Waals surface area contributed by atoms with Gasteiger partial charge in [0.2, 0.25) is 5.89 Å². The number of hydrogen-bond donors (Lipinski definition) is 3. The minimum atomic E-state index is -1.10. The van der Waals surface area contributed by atoms with Gasteiger partial charge in [-0.25, -0.2) is 9.78 Å². The molecule has 0 bridgehead atoms. The minimum absolute atomic E-state index is 0.229. The van der Waals surface area contributed by atoms with Crippen molar-refractivity contribution in [1.82, 2.24) is 15.6 Å². The molecule has 2 amide bonds. The highest BCUT2D eigenvalue weighted by molar-refractivity contribution is 6.03. The van der Waals surface area contributed by atoms with Crippen molar-refractivity contribution in [2.24, 2.45) is 0 Å². The second kappa shape index (κ2) is 11.3.